The van der Waals surface area contributed by atoms with Crippen LogP contribution in [0.15, 0.2) is 65.0 Å². The van der Waals surface area contributed by atoms with Crippen LogP contribution in [0.1, 0.15) is 77.0 Å². The van der Waals surface area contributed by atoms with Gasteiger partial charge in [0.1, 0.15) is 0 Å². The van der Waals surface area contributed by atoms with Crippen molar-refractivity contribution < 1.29 is 0 Å². The number of benzene rings is 1. The van der Waals surface area contributed by atoms with Crippen molar-refractivity contribution in [2.75, 3.05) is 0 Å². The number of nitrogens with zero attached hydrogens (tertiary/aromatic N) is 1. The molecule has 0 heterocycles. The largest absolute Gasteiger partial charge is 0.402 e. The van der Waals surface area contributed by atoms with E-state index >= 15 is 0 Å². The lowest BCUT2D eigenvalue weighted by Gasteiger charge is -2.36. The Hall–Kier alpha value is -2.55. The normalized spacial score (nSPS) is 13.5. The van der Waals surface area contributed by atoms with Crippen molar-refractivity contribution in [3.63, 3.8) is 0 Å². The molecule has 0 amide bonds. The summed E-state index contributed by atoms with van der Waals surface area (Å²) < 4.78 is 0. The molecule has 0 unspecified atom stereocenters. The van der Waals surface area contributed by atoms with Crippen molar-refractivity contribution in [2.45, 2.75) is 72.6 Å². The van der Waals surface area contributed by atoms with Crippen LogP contribution >= 0.6 is 0 Å². The van der Waals surface area contributed by atoms with E-state index in [0.717, 1.165) is 48.1 Å². The molecule has 0 atom stereocenters. The van der Waals surface area contributed by atoms with Gasteiger partial charge in [0.05, 0.1) is 12.0 Å². The van der Waals surface area contributed by atoms with Gasteiger partial charge in [-0.15, -0.1) is 0 Å². The second-order valence-electron chi connectivity index (χ2n) is 8.03. The SMILES string of the molecule is C=C(/C=C(N=CN)\C(C)=C(/C)N)c1ccc(C(CCC)(CCC)C(=C)C)c(C)c1. The molecule has 0 spiro atoms. The lowest BCUT2D eigenvalue weighted by molar-refractivity contribution is 0.416. The molecule has 0 aliphatic carbocycles. The maximum atomic E-state index is 5.94. The molecule has 0 saturated heterocycles. The number of allylic oxidation sites excluding steroid dienone is 5. The highest BCUT2D eigenvalue weighted by Gasteiger charge is 2.32. The van der Waals surface area contributed by atoms with E-state index in [2.05, 4.69) is 64.0 Å². The van der Waals surface area contributed by atoms with Crippen LogP contribution in [-0.2, 0) is 5.41 Å². The van der Waals surface area contributed by atoms with Gasteiger partial charge in [-0.1, -0.05) is 63.6 Å². The standard InChI is InChI=1S/C26H39N3/c1-9-13-26(14-10-2,18(3)4)24-12-11-23(15-20(24)6)19(5)16-25(29-17-27)21(7)22(8)28/h11-12,15-17H,3,5,9-10,13-14,28H2,1-2,4,6-8H3,(H2,27,29)/b22-21+,25-16+. The summed E-state index contributed by atoms with van der Waals surface area (Å²) in [5.41, 5.74) is 19.7. The molecule has 158 valence electrons. The van der Waals surface area contributed by atoms with Crippen molar-refractivity contribution in [3.05, 3.63) is 76.7 Å². The molecule has 0 saturated carbocycles. The van der Waals surface area contributed by atoms with Gasteiger partial charge in [-0.25, -0.2) is 4.99 Å². The van der Waals surface area contributed by atoms with Crippen molar-refractivity contribution >= 4 is 11.9 Å². The highest BCUT2D eigenvalue weighted by atomic mass is 14.8. The smallest absolute Gasteiger partial charge is 0.0860 e. The molecule has 4 N–H and O–H groups in total. The van der Waals surface area contributed by atoms with Crippen molar-refractivity contribution in [2.24, 2.45) is 16.5 Å². The van der Waals surface area contributed by atoms with Gasteiger partial charge in [-0.05, 0) is 74.4 Å². The van der Waals surface area contributed by atoms with E-state index in [9.17, 15) is 0 Å². The molecule has 0 bridgehead atoms. The first-order valence-electron chi connectivity index (χ1n) is 10.5. The molecule has 1 aromatic rings. The van der Waals surface area contributed by atoms with Crippen molar-refractivity contribution in [3.8, 4) is 0 Å². The zero-order chi connectivity index (χ0) is 22.2. The Labute approximate surface area is 178 Å². The Balaban J connectivity index is 3.45. The summed E-state index contributed by atoms with van der Waals surface area (Å²) in [5.74, 6) is 0. The fourth-order valence-electron chi connectivity index (χ4n) is 4.08. The second kappa shape index (κ2) is 10.8. The molecule has 29 heavy (non-hydrogen) atoms. The molecule has 3 heteroatoms. The second-order valence-corrected chi connectivity index (χ2v) is 8.03. The van der Waals surface area contributed by atoms with Gasteiger partial charge in [-0.2, -0.15) is 0 Å². The first-order chi connectivity index (χ1) is 13.6. The summed E-state index contributed by atoms with van der Waals surface area (Å²) >= 11 is 0. The maximum Gasteiger partial charge on any atom is 0.0860 e. The zero-order valence-electron chi connectivity index (χ0n) is 19.2. The van der Waals surface area contributed by atoms with Crippen LogP contribution in [-0.4, -0.2) is 6.34 Å². The van der Waals surface area contributed by atoms with E-state index in [1.807, 2.05) is 19.9 Å². The van der Waals surface area contributed by atoms with Gasteiger partial charge >= 0.3 is 0 Å². The Morgan fingerprint density at radius 1 is 1.10 bits per heavy atom. The van der Waals surface area contributed by atoms with E-state index in [1.165, 1.54) is 23.0 Å². The molecule has 0 radical (unpaired) electrons. The average molecular weight is 394 g/mol. The lowest BCUT2D eigenvalue weighted by atomic mass is 9.67. The number of hydrogen-bond donors (Lipinski definition) is 2. The molecular formula is C26H39N3. The first-order valence-corrected chi connectivity index (χ1v) is 10.5. The van der Waals surface area contributed by atoms with Gasteiger partial charge in [-0.3, -0.25) is 0 Å². The Bertz CT molecular complexity index is 828. The molecule has 0 aliphatic heterocycles. The summed E-state index contributed by atoms with van der Waals surface area (Å²) in [6.07, 6.45) is 7.73. The van der Waals surface area contributed by atoms with E-state index in [4.69, 9.17) is 11.5 Å². The van der Waals surface area contributed by atoms with Crippen molar-refractivity contribution in [1.82, 2.24) is 0 Å². The quantitative estimate of drug-likeness (QED) is 0.205. The average Bonchev–Trinajstić information content (AvgIpc) is 2.66. The fourth-order valence-corrected chi connectivity index (χ4v) is 4.08. The Morgan fingerprint density at radius 2 is 1.69 bits per heavy atom. The van der Waals surface area contributed by atoms with E-state index in [0.29, 0.717) is 5.70 Å². The van der Waals surface area contributed by atoms with E-state index in [-0.39, 0.29) is 5.41 Å². The van der Waals surface area contributed by atoms with Gasteiger partial charge in [0, 0.05) is 11.1 Å². The highest BCUT2D eigenvalue weighted by molar-refractivity contribution is 5.75. The lowest BCUT2D eigenvalue weighted by Crippen LogP contribution is -2.28. The monoisotopic (exact) mass is 393 g/mol. The minimum absolute atomic E-state index is 0.0360. The highest BCUT2D eigenvalue weighted by Crippen LogP contribution is 2.42. The topological polar surface area (TPSA) is 64.4 Å². The van der Waals surface area contributed by atoms with Crippen molar-refractivity contribution in [1.29, 1.82) is 0 Å². The predicted molar refractivity (Wildman–Crippen MR) is 130 cm³/mol. The minimum atomic E-state index is 0.0360. The summed E-state index contributed by atoms with van der Waals surface area (Å²) in [6, 6.07) is 6.63. The molecule has 0 fully saturated rings. The van der Waals surface area contributed by atoms with E-state index < -0.39 is 0 Å². The number of aryl methyl sites for hydroxylation is 1. The number of rotatable bonds is 10. The Kier molecular flexibility index (Phi) is 9.16. The van der Waals surface area contributed by atoms with Gasteiger partial charge in [0.25, 0.3) is 0 Å². The summed E-state index contributed by atoms with van der Waals surface area (Å²) in [6.45, 7) is 21.3. The van der Waals surface area contributed by atoms with Gasteiger partial charge in [0.2, 0.25) is 0 Å². The van der Waals surface area contributed by atoms with Crippen LogP contribution in [0.2, 0.25) is 0 Å². The first kappa shape index (κ1) is 24.5. The molecule has 0 aliphatic rings. The third-order valence-corrected chi connectivity index (χ3v) is 5.78. The van der Waals surface area contributed by atoms with Crippen LogP contribution < -0.4 is 11.5 Å². The van der Waals surface area contributed by atoms with Gasteiger partial charge in [0.15, 0.2) is 0 Å². The fraction of sp³-hybridized carbons (Fsp3) is 0.423. The Morgan fingerprint density at radius 3 is 2.10 bits per heavy atom. The molecule has 3 nitrogen and oxygen atoms in total. The number of aliphatic imine (C=N–C) groups is 1. The summed E-state index contributed by atoms with van der Waals surface area (Å²) in [4.78, 5) is 4.27. The molecule has 0 aromatic heterocycles. The van der Waals surface area contributed by atoms with Crippen LogP contribution in [0.25, 0.3) is 5.57 Å². The molecular weight excluding hydrogens is 354 g/mol. The van der Waals surface area contributed by atoms with Crippen LogP contribution in [0.3, 0.4) is 0 Å². The minimum Gasteiger partial charge on any atom is -0.402 e. The molecule has 1 rings (SSSR count). The maximum absolute atomic E-state index is 5.94. The molecule has 1 aromatic carbocycles. The number of hydrogen-bond acceptors (Lipinski definition) is 2. The van der Waals surface area contributed by atoms with E-state index in [1.54, 1.807) is 0 Å². The van der Waals surface area contributed by atoms with Gasteiger partial charge < -0.3 is 11.5 Å². The summed E-state index contributed by atoms with van der Waals surface area (Å²) in [5, 5.41) is 0. The zero-order valence-corrected chi connectivity index (χ0v) is 19.2. The third kappa shape index (κ3) is 5.72. The van der Waals surface area contributed by atoms with Crippen LogP contribution in [0.5, 0.6) is 0 Å². The summed E-state index contributed by atoms with van der Waals surface area (Å²) in [7, 11) is 0. The number of nitrogens with two attached hydrogens (primary N) is 2. The predicted octanol–water partition coefficient (Wildman–Crippen LogP) is 6.55. The third-order valence-electron chi connectivity index (χ3n) is 5.78. The van der Waals surface area contributed by atoms with Crippen LogP contribution in [0.4, 0.5) is 0 Å². The van der Waals surface area contributed by atoms with Crippen LogP contribution in [0, 0.1) is 6.92 Å².